The Morgan fingerprint density at radius 3 is 2.77 bits per heavy atom. The van der Waals surface area contributed by atoms with Gasteiger partial charge in [0.1, 0.15) is 12.4 Å². The maximum atomic E-state index is 12.8. The van der Waals surface area contributed by atoms with Gasteiger partial charge >= 0.3 is 0 Å². The van der Waals surface area contributed by atoms with Crippen LogP contribution in [0.3, 0.4) is 0 Å². The molecule has 1 N–H and O–H groups in total. The normalized spacial score (nSPS) is 16.5. The average molecular weight is 422 g/mol. The van der Waals surface area contributed by atoms with E-state index in [4.69, 9.17) is 16.3 Å². The van der Waals surface area contributed by atoms with Crippen LogP contribution in [-0.4, -0.2) is 23.6 Å². The Balaban J connectivity index is 1.34. The van der Waals surface area contributed by atoms with Gasteiger partial charge < -0.3 is 19.5 Å². The van der Waals surface area contributed by atoms with Crippen molar-refractivity contribution in [2.45, 2.75) is 26.0 Å². The number of carbonyl (C=O) groups excluding carboxylic acids is 1. The summed E-state index contributed by atoms with van der Waals surface area (Å²) in [7, 11) is 2.12. The summed E-state index contributed by atoms with van der Waals surface area (Å²) in [4.78, 5) is 14.6. The van der Waals surface area contributed by atoms with Crippen LogP contribution in [0.5, 0.6) is 0 Å². The number of rotatable bonds is 4. The van der Waals surface area contributed by atoms with Crippen LogP contribution < -0.4 is 10.2 Å². The molecular weight excluding hydrogens is 398 g/mol. The van der Waals surface area contributed by atoms with E-state index in [0.717, 1.165) is 36.5 Å². The van der Waals surface area contributed by atoms with Gasteiger partial charge in [0.25, 0.3) is 5.91 Å². The second-order valence-corrected chi connectivity index (χ2v) is 8.31. The highest BCUT2D eigenvalue weighted by Crippen LogP contribution is 2.32. The van der Waals surface area contributed by atoms with Crippen LogP contribution in [0.2, 0.25) is 5.02 Å². The number of hydrogen-bond acceptors (Lipinski definition) is 3. The lowest BCUT2D eigenvalue weighted by molar-refractivity contribution is -0.114. The molecular formula is C24H24ClN3O2. The Kier molecular flexibility index (Phi) is 5.01. The number of nitrogens with zero attached hydrogens (tertiary/aromatic N) is 2. The van der Waals surface area contributed by atoms with Crippen LogP contribution in [0.4, 0.5) is 5.69 Å². The van der Waals surface area contributed by atoms with Gasteiger partial charge in [0, 0.05) is 67.4 Å². The SMILES string of the molecule is Cn1c2c(c3ccc(N4CCC(OCc5ccc(Cl)cc5)=CC4=O)cc31)CNCC2. The van der Waals surface area contributed by atoms with Crippen LogP contribution in [0.1, 0.15) is 23.2 Å². The summed E-state index contributed by atoms with van der Waals surface area (Å²) < 4.78 is 8.15. The van der Waals surface area contributed by atoms with Crippen molar-refractivity contribution in [3.05, 3.63) is 76.1 Å². The van der Waals surface area contributed by atoms with E-state index in [2.05, 4.69) is 35.1 Å². The van der Waals surface area contributed by atoms with E-state index in [1.165, 1.54) is 22.2 Å². The van der Waals surface area contributed by atoms with Gasteiger partial charge in [-0.3, -0.25) is 4.79 Å². The first-order chi connectivity index (χ1) is 14.6. The van der Waals surface area contributed by atoms with Crippen molar-refractivity contribution in [2.24, 2.45) is 7.05 Å². The number of amides is 1. The molecule has 1 aromatic heterocycles. The number of halogens is 1. The topological polar surface area (TPSA) is 46.5 Å². The zero-order valence-corrected chi connectivity index (χ0v) is 17.7. The smallest absolute Gasteiger partial charge is 0.254 e. The summed E-state index contributed by atoms with van der Waals surface area (Å²) in [6, 6.07) is 13.9. The highest BCUT2D eigenvalue weighted by Gasteiger charge is 2.23. The quantitative estimate of drug-likeness (QED) is 0.682. The first-order valence-corrected chi connectivity index (χ1v) is 10.7. The Hall–Kier alpha value is -2.76. The summed E-state index contributed by atoms with van der Waals surface area (Å²) in [5.41, 5.74) is 5.92. The Morgan fingerprint density at radius 1 is 1.13 bits per heavy atom. The van der Waals surface area contributed by atoms with E-state index < -0.39 is 0 Å². The number of benzene rings is 2. The molecule has 0 saturated heterocycles. The van der Waals surface area contributed by atoms with Gasteiger partial charge in [-0.1, -0.05) is 29.8 Å². The van der Waals surface area contributed by atoms with Crippen molar-refractivity contribution in [1.82, 2.24) is 9.88 Å². The molecule has 0 aliphatic carbocycles. The maximum Gasteiger partial charge on any atom is 0.254 e. The Morgan fingerprint density at radius 2 is 1.97 bits per heavy atom. The highest BCUT2D eigenvalue weighted by molar-refractivity contribution is 6.30. The minimum atomic E-state index is -0.0349. The fraction of sp³-hybridized carbons (Fsp3) is 0.292. The summed E-state index contributed by atoms with van der Waals surface area (Å²) in [5, 5.41) is 5.43. The van der Waals surface area contributed by atoms with Gasteiger partial charge in [0.05, 0.1) is 5.52 Å². The lowest BCUT2D eigenvalue weighted by atomic mass is 10.1. The zero-order valence-electron chi connectivity index (χ0n) is 17.0. The number of fused-ring (bicyclic) bond motifs is 3. The molecule has 3 aromatic rings. The molecule has 2 aliphatic rings. The van der Waals surface area contributed by atoms with Crippen molar-refractivity contribution in [2.75, 3.05) is 18.0 Å². The molecule has 0 atom stereocenters. The fourth-order valence-electron chi connectivity index (χ4n) is 4.41. The molecule has 0 fully saturated rings. The van der Waals surface area contributed by atoms with Gasteiger partial charge in [-0.2, -0.15) is 0 Å². The third kappa shape index (κ3) is 3.48. The summed E-state index contributed by atoms with van der Waals surface area (Å²) in [6.45, 7) is 2.97. The van der Waals surface area contributed by atoms with Crippen molar-refractivity contribution in [3.63, 3.8) is 0 Å². The van der Waals surface area contributed by atoms with Crippen LogP contribution >= 0.6 is 11.6 Å². The van der Waals surface area contributed by atoms with Crippen LogP contribution in [0.15, 0.2) is 54.3 Å². The predicted octanol–water partition coefficient (Wildman–Crippen LogP) is 4.31. The van der Waals surface area contributed by atoms with E-state index in [1.54, 1.807) is 6.08 Å². The molecule has 2 aromatic carbocycles. The van der Waals surface area contributed by atoms with E-state index >= 15 is 0 Å². The van der Waals surface area contributed by atoms with Crippen molar-refractivity contribution < 1.29 is 9.53 Å². The standard InChI is InChI=1S/C24H24ClN3O2/c1-27-22-8-10-26-14-21(22)20-7-6-18(12-23(20)27)28-11-9-19(13-24(28)29)30-15-16-2-4-17(25)5-3-16/h2-7,12-13,26H,8-11,14-15H2,1H3. The van der Waals surface area contributed by atoms with Gasteiger partial charge in [0.15, 0.2) is 0 Å². The maximum absolute atomic E-state index is 12.8. The number of aryl methyl sites for hydroxylation is 1. The molecule has 0 bridgehead atoms. The number of aromatic nitrogens is 1. The van der Waals surface area contributed by atoms with Crippen LogP contribution in [0, 0.1) is 0 Å². The lowest BCUT2D eigenvalue weighted by Crippen LogP contribution is -2.34. The minimum Gasteiger partial charge on any atom is -0.493 e. The molecule has 0 unspecified atom stereocenters. The summed E-state index contributed by atoms with van der Waals surface area (Å²) in [6.07, 6.45) is 3.35. The van der Waals surface area contributed by atoms with E-state index in [1.807, 2.05) is 29.2 Å². The number of nitrogens with one attached hydrogen (secondary N) is 1. The lowest BCUT2D eigenvalue weighted by Gasteiger charge is -2.26. The molecule has 5 nitrogen and oxygen atoms in total. The fourth-order valence-corrected chi connectivity index (χ4v) is 4.53. The molecule has 0 radical (unpaired) electrons. The Bertz CT molecular complexity index is 1150. The molecule has 2 aliphatic heterocycles. The van der Waals surface area contributed by atoms with Crippen LogP contribution in [0.25, 0.3) is 10.9 Å². The number of ether oxygens (including phenoxy) is 1. The predicted molar refractivity (Wildman–Crippen MR) is 120 cm³/mol. The molecule has 154 valence electrons. The average Bonchev–Trinajstić information content (AvgIpc) is 3.05. The molecule has 0 spiro atoms. The number of anilines is 1. The van der Waals surface area contributed by atoms with E-state index in [9.17, 15) is 4.79 Å². The van der Waals surface area contributed by atoms with Gasteiger partial charge in [0.2, 0.25) is 0 Å². The second kappa shape index (κ2) is 7.82. The van der Waals surface area contributed by atoms with E-state index in [0.29, 0.717) is 24.6 Å². The minimum absolute atomic E-state index is 0.0349. The highest BCUT2D eigenvalue weighted by atomic mass is 35.5. The summed E-state index contributed by atoms with van der Waals surface area (Å²) in [5.74, 6) is 0.694. The van der Waals surface area contributed by atoms with Crippen LogP contribution in [-0.2, 0) is 36.2 Å². The molecule has 30 heavy (non-hydrogen) atoms. The van der Waals surface area contributed by atoms with Gasteiger partial charge in [-0.05, 0) is 35.4 Å². The molecule has 0 saturated carbocycles. The van der Waals surface area contributed by atoms with Gasteiger partial charge in [-0.15, -0.1) is 0 Å². The van der Waals surface area contributed by atoms with Crippen molar-refractivity contribution in [3.8, 4) is 0 Å². The molecule has 3 heterocycles. The first kappa shape index (κ1) is 19.2. The first-order valence-electron chi connectivity index (χ1n) is 10.3. The number of hydrogen-bond donors (Lipinski definition) is 1. The third-order valence-corrected chi connectivity index (χ3v) is 6.29. The van der Waals surface area contributed by atoms with Crippen molar-refractivity contribution in [1.29, 1.82) is 0 Å². The molecule has 6 heteroatoms. The second-order valence-electron chi connectivity index (χ2n) is 7.88. The molecule has 5 rings (SSSR count). The number of carbonyl (C=O) groups is 1. The Labute approximate surface area is 180 Å². The largest absolute Gasteiger partial charge is 0.493 e. The van der Waals surface area contributed by atoms with Gasteiger partial charge in [-0.25, -0.2) is 0 Å². The molecule has 1 amide bonds. The zero-order chi connectivity index (χ0) is 20.7. The third-order valence-electron chi connectivity index (χ3n) is 6.04. The summed E-state index contributed by atoms with van der Waals surface area (Å²) >= 11 is 5.92. The monoisotopic (exact) mass is 421 g/mol. The van der Waals surface area contributed by atoms with Crippen molar-refractivity contribution >= 4 is 34.1 Å². The van der Waals surface area contributed by atoms with E-state index in [-0.39, 0.29) is 5.91 Å².